The highest BCUT2D eigenvalue weighted by Gasteiger charge is 2.27. The zero-order valence-electron chi connectivity index (χ0n) is 13.0. The fraction of sp³-hybridized carbons (Fsp3) is 0.389. The van der Waals surface area contributed by atoms with Crippen molar-refractivity contribution in [1.29, 1.82) is 0 Å². The minimum absolute atomic E-state index is 0.210. The van der Waals surface area contributed by atoms with Crippen LogP contribution < -0.4 is 10.5 Å². The number of hydrogen-bond donors (Lipinski definition) is 1. The van der Waals surface area contributed by atoms with Crippen LogP contribution in [0.1, 0.15) is 18.9 Å². The summed E-state index contributed by atoms with van der Waals surface area (Å²) in [7, 11) is 0. The third kappa shape index (κ3) is 3.77. The maximum atomic E-state index is 6.03. The number of anilines is 1. The zero-order valence-corrected chi connectivity index (χ0v) is 13.0. The van der Waals surface area contributed by atoms with E-state index < -0.39 is 0 Å². The van der Waals surface area contributed by atoms with E-state index in [2.05, 4.69) is 47.1 Å². The van der Waals surface area contributed by atoms with Gasteiger partial charge in [0, 0.05) is 31.6 Å². The second-order valence-corrected chi connectivity index (χ2v) is 6.04. The molecule has 22 heavy (non-hydrogen) atoms. The molecule has 116 valence electrons. The third-order valence-corrected chi connectivity index (χ3v) is 4.18. The van der Waals surface area contributed by atoms with Crippen molar-refractivity contribution in [3.05, 3.63) is 54.1 Å². The van der Waals surface area contributed by atoms with Gasteiger partial charge >= 0.3 is 0 Å². The van der Waals surface area contributed by atoms with E-state index in [1.54, 1.807) is 6.07 Å². The van der Waals surface area contributed by atoms with Gasteiger partial charge in [-0.15, -0.1) is 0 Å². The first-order chi connectivity index (χ1) is 10.7. The monoisotopic (exact) mass is 297 g/mol. The molecule has 0 unspecified atom stereocenters. The fourth-order valence-electron chi connectivity index (χ4n) is 3.02. The first kappa shape index (κ1) is 14.9. The Labute approximate surface area is 131 Å². The zero-order chi connectivity index (χ0) is 15.4. The number of aromatic nitrogens is 1. The number of pyridine rings is 1. The van der Waals surface area contributed by atoms with E-state index in [0.29, 0.717) is 17.6 Å². The molecule has 1 fully saturated rings. The second-order valence-electron chi connectivity index (χ2n) is 6.04. The summed E-state index contributed by atoms with van der Waals surface area (Å²) in [5.41, 5.74) is 7.07. The molecule has 0 aliphatic carbocycles. The molecular formula is C18H23N3O. The molecule has 4 nitrogen and oxygen atoms in total. The van der Waals surface area contributed by atoms with E-state index in [-0.39, 0.29) is 6.10 Å². The van der Waals surface area contributed by atoms with Gasteiger partial charge in [-0.1, -0.05) is 43.3 Å². The van der Waals surface area contributed by atoms with Gasteiger partial charge in [0.25, 0.3) is 0 Å². The number of hydrogen-bond acceptors (Lipinski definition) is 4. The Balaban J connectivity index is 1.56. The number of rotatable bonds is 4. The SMILES string of the molecule is C[C@@H]1CN(Cc2ccccc2)CC[C@H]1Oc1cccc(N)n1. The number of piperidine rings is 1. The van der Waals surface area contributed by atoms with Crippen molar-refractivity contribution in [2.45, 2.75) is 26.0 Å². The molecule has 3 rings (SSSR count). The Hall–Kier alpha value is -2.07. The van der Waals surface area contributed by atoms with Crippen LogP contribution in [-0.4, -0.2) is 29.1 Å². The van der Waals surface area contributed by atoms with Crippen molar-refractivity contribution < 1.29 is 4.74 Å². The summed E-state index contributed by atoms with van der Waals surface area (Å²) < 4.78 is 6.03. The number of nitrogens with two attached hydrogens (primary N) is 1. The number of likely N-dealkylation sites (tertiary alicyclic amines) is 1. The summed E-state index contributed by atoms with van der Waals surface area (Å²) >= 11 is 0. The van der Waals surface area contributed by atoms with Crippen molar-refractivity contribution >= 4 is 5.82 Å². The van der Waals surface area contributed by atoms with E-state index in [0.717, 1.165) is 26.1 Å². The highest BCUT2D eigenvalue weighted by atomic mass is 16.5. The lowest BCUT2D eigenvalue weighted by molar-refractivity contribution is 0.0462. The van der Waals surface area contributed by atoms with E-state index in [1.165, 1.54) is 5.56 Å². The molecule has 0 saturated carbocycles. The smallest absolute Gasteiger partial charge is 0.215 e. The van der Waals surface area contributed by atoms with Crippen molar-refractivity contribution in [2.75, 3.05) is 18.8 Å². The lowest BCUT2D eigenvalue weighted by Gasteiger charge is -2.36. The molecule has 2 aromatic rings. The molecule has 4 heteroatoms. The van der Waals surface area contributed by atoms with Crippen LogP contribution in [-0.2, 0) is 6.54 Å². The average molecular weight is 297 g/mol. The molecule has 0 bridgehead atoms. The van der Waals surface area contributed by atoms with E-state index in [9.17, 15) is 0 Å². The molecule has 1 aliphatic heterocycles. The summed E-state index contributed by atoms with van der Waals surface area (Å²) in [6.07, 6.45) is 1.23. The second kappa shape index (κ2) is 6.79. The number of nitrogens with zero attached hydrogens (tertiary/aromatic N) is 2. The van der Waals surface area contributed by atoms with Crippen LogP contribution in [0.3, 0.4) is 0 Å². The van der Waals surface area contributed by atoms with Crippen LogP contribution in [0.25, 0.3) is 0 Å². The van der Waals surface area contributed by atoms with Crippen LogP contribution in [0.15, 0.2) is 48.5 Å². The molecule has 0 amide bonds. The van der Waals surface area contributed by atoms with Crippen LogP contribution in [0.5, 0.6) is 5.88 Å². The van der Waals surface area contributed by atoms with Crippen LogP contribution >= 0.6 is 0 Å². The Morgan fingerprint density at radius 2 is 2.00 bits per heavy atom. The van der Waals surface area contributed by atoms with Gasteiger partial charge in [-0.25, -0.2) is 0 Å². The van der Waals surface area contributed by atoms with Crippen molar-refractivity contribution in [2.24, 2.45) is 5.92 Å². The van der Waals surface area contributed by atoms with Gasteiger partial charge in [-0.3, -0.25) is 4.90 Å². The quantitative estimate of drug-likeness (QED) is 0.942. The molecule has 2 heterocycles. The Morgan fingerprint density at radius 3 is 2.73 bits per heavy atom. The topological polar surface area (TPSA) is 51.4 Å². The summed E-state index contributed by atoms with van der Waals surface area (Å²) in [5, 5.41) is 0. The van der Waals surface area contributed by atoms with Crippen molar-refractivity contribution in [1.82, 2.24) is 9.88 Å². The Kier molecular flexibility index (Phi) is 4.59. The summed E-state index contributed by atoms with van der Waals surface area (Å²) in [5.74, 6) is 1.61. The number of ether oxygens (including phenoxy) is 1. The van der Waals surface area contributed by atoms with Gasteiger partial charge in [0.05, 0.1) is 0 Å². The molecule has 0 spiro atoms. The van der Waals surface area contributed by atoms with Gasteiger partial charge in [0.2, 0.25) is 5.88 Å². The van der Waals surface area contributed by atoms with Gasteiger partial charge in [0.1, 0.15) is 11.9 Å². The normalized spacial score (nSPS) is 22.4. The predicted octanol–water partition coefficient (Wildman–Crippen LogP) is 2.95. The standard InChI is InChI=1S/C18H23N3O/c1-14-12-21(13-15-6-3-2-4-7-15)11-10-16(14)22-18-9-5-8-17(19)20-18/h2-9,14,16H,10-13H2,1H3,(H2,19,20)/t14-,16-/m1/s1. The number of benzene rings is 1. The predicted molar refractivity (Wildman–Crippen MR) is 88.6 cm³/mol. The molecule has 1 saturated heterocycles. The van der Waals surface area contributed by atoms with Crippen LogP contribution in [0.2, 0.25) is 0 Å². The molecule has 1 aromatic carbocycles. The minimum atomic E-state index is 0.210. The molecule has 2 N–H and O–H groups in total. The highest BCUT2D eigenvalue weighted by molar-refractivity contribution is 5.31. The van der Waals surface area contributed by atoms with Crippen LogP contribution in [0, 0.1) is 5.92 Å². The fourth-order valence-corrected chi connectivity index (χ4v) is 3.02. The molecule has 2 atom stereocenters. The molecule has 0 radical (unpaired) electrons. The number of nitrogen functional groups attached to an aromatic ring is 1. The van der Waals surface area contributed by atoms with Gasteiger partial charge in [-0.05, 0) is 18.1 Å². The van der Waals surface area contributed by atoms with E-state index in [1.807, 2.05) is 12.1 Å². The molecule has 1 aliphatic rings. The largest absolute Gasteiger partial charge is 0.474 e. The van der Waals surface area contributed by atoms with Gasteiger partial charge in [-0.2, -0.15) is 4.98 Å². The van der Waals surface area contributed by atoms with E-state index >= 15 is 0 Å². The Morgan fingerprint density at radius 1 is 1.18 bits per heavy atom. The summed E-state index contributed by atoms with van der Waals surface area (Å²) in [4.78, 5) is 6.72. The molecule has 1 aromatic heterocycles. The van der Waals surface area contributed by atoms with E-state index in [4.69, 9.17) is 10.5 Å². The first-order valence-electron chi connectivity index (χ1n) is 7.86. The first-order valence-corrected chi connectivity index (χ1v) is 7.86. The maximum Gasteiger partial charge on any atom is 0.215 e. The maximum absolute atomic E-state index is 6.03. The lowest BCUT2D eigenvalue weighted by Crippen LogP contribution is -2.44. The van der Waals surface area contributed by atoms with Crippen LogP contribution in [0.4, 0.5) is 5.82 Å². The van der Waals surface area contributed by atoms with Gasteiger partial charge in [0.15, 0.2) is 0 Å². The average Bonchev–Trinajstić information content (AvgIpc) is 2.51. The highest BCUT2D eigenvalue weighted by Crippen LogP contribution is 2.23. The Bertz CT molecular complexity index is 602. The lowest BCUT2D eigenvalue weighted by atomic mass is 9.96. The van der Waals surface area contributed by atoms with Crippen molar-refractivity contribution in [3.63, 3.8) is 0 Å². The van der Waals surface area contributed by atoms with Gasteiger partial charge < -0.3 is 10.5 Å². The van der Waals surface area contributed by atoms with Crippen molar-refractivity contribution in [3.8, 4) is 5.88 Å². The summed E-state index contributed by atoms with van der Waals surface area (Å²) in [6.45, 7) is 5.34. The minimum Gasteiger partial charge on any atom is -0.474 e. The summed E-state index contributed by atoms with van der Waals surface area (Å²) in [6, 6.07) is 16.2. The molecular weight excluding hydrogens is 274 g/mol. The third-order valence-electron chi connectivity index (χ3n) is 4.18.